The van der Waals surface area contributed by atoms with Crippen molar-refractivity contribution in [3.63, 3.8) is 0 Å². The second-order valence-corrected chi connectivity index (χ2v) is 6.18. The first kappa shape index (κ1) is 13.6. The molecule has 0 bridgehead atoms. The van der Waals surface area contributed by atoms with E-state index in [4.69, 9.17) is 0 Å². The maximum atomic E-state index is 4.31. The Morgan fingerprint density at radius 2 is 1.88 bits per heavy atom. The van der Waals surface area contributed by atoms with E-state index in [1.54, 1.807) is 0 Å². The predicted octanol–water partition coefficient (Wildman–Crippen LogP) is 4.72. The van der Waals surface area contributed by atoms with Crippen LogP contribution in [0.25, 0.3) is 0 Å². The molecular formula is C15H24S. The number of rotatable bonds is 3. The monoisotopic (exact) mass is 236 g/mol. The molecule has 0 saturated heterocycles. The summed E-state index contributed by atoms with van der Waals surface area (Å²) >= 11 is 4.31. The fraction of sp³-hybridized carbons (Fsp3) is 0.600. The number of hydrogen-bond donors (Lipinski definition) is 1. The lowest BCUT2D eigenvalue weighted by Crippen LogP contribution is -2.14. The molecule has 0 radical (unpaired) electrons. The lowest BCUT2D eigenvalue weighted by molar-refractivity contribution is 0.583. The third kappa shape index (κ3) is 3.28. The third-order valence-corrected chi connectivity index (χ3v) is 3.46. The normalized spacial score (nSPS) is 13.9. The van der Waals surface area contributed by atoms with E-state index >= 15 is 0 Å². The molecule has 16 heavy (non-hydrogen) atoms. The van der Waals surface area contributed by atoms with Gasteiger partial charge in [-0.2, -0.15) is 12.6 Å². The molecule has 0 spiro atoms. The molecule has 0 nitrogen and oxygen atoms in total. The summed E-state index contributed by atoms with van der Waals surface area (Å²) in [6.07, 6.45) is 1.15. The van der Waals surface area contributed by atoms with Crippen LogP contribution in [-0.4, -0.2) is 5.75 Å². The average Bonchev–Trinajstić information content (AvgIpc) is 2.16. The van der Waals surface area contributed by atoms with Gasteiger partial charge in [0, 0.05) is 0 Å². The van der Waals surface area contributed by atoms with Crippen LogP contribution in [0.2, 0.25) is 0 Å². The Morgan fingerprint density at radius 1 is 1.25 bits per heavy atom. The molecule has 0 aliphatic heterocycles. The van der Waals surface area contributed by atoms with Crippen molar-refractivity contribution in [3.8, 4) is 0 Å². The van der Waals surface area contributed by atoms with Gasteiger partial charge in [-0.3, -0.25) is 0 Å². The molecule has 1 rings (SSSR count). The number of aryl methyl sites for hydroxylation is 1. The van der Waals surface area contributed by atoms with Crippen LogP contribution in [0.15, 0.2) is 18.2 Å². The minimum Gasteiger partial charge on any atom is -0.179 e. The zero-order valence-electron chi connectivity index (χ0n) is 11.2. The van der Waals surface area contributed by atoms with Gasteiger partial charge in [0.1, 0.15) is 0 Å². The van der Waals surface area contributed by atoms with Gasteiger partial charge in [0.05, 0.1) is 0 Å². The highest BCUT2D eigenvalue weighted by atomic mass is 32.1. The maximum Gasteiger partial charge on any atom is -0.00922 e. The van der Waals surface area contributed by atoms with Crippen molar-refractivity contribution in [1.29, 1.82) is 0 Å². The summed E-state index contributed by atoms with van der Waals surface area (Å²) in [6.45, 7) is 11.3. The van der Waals surface area contributed by atoms with Crippen molar-refractivity contribution in [3.05, 3.63) is 34.9 Å². The fourth-order valence-electron chi connectivity index (χ4n) is 2.11. The van der Waals surface area contributed by atoms with E-state index in [2.05, 4.69) is 65.4 Å². The third-order valence-electron chi connectivity index (χ3n) is 3.20. The predicted molar refractivity (Wildman–Crippen MR) is 76.8 cm³/mol. The summed E-state index contributed by atoms with van der Waals surface area (Å²) in [5.74, 6) is 1.57. The van der Waals surface area contributed by atoms with E-state index in [1.807, 2.05) is 0 Å². The second kappa shape index (κ2) is 5.27. The Bertz CT molecular complexity index is 347. The van der Waals surface area contributed by atoms with Gasteiger partial charge in [-0.1, -0.05) is 45.9 Å². The van der Waals surface area contributed by atoms with Crippen LogP contribution >= 0.6 is 12.6 Å². The van der Waals surface area contributed by atoms with Crippen molar-refractivity contribution in [1.82, 2.24) is 0 Å². The molecule has 0 aliphatic carbocycles. The molecule has 1 atom stereocenters. The standard InChI is InChI=1S/C15H24S/c1-11(8-9-16)13-7-6-12(2)14(10-13)15(3,4)5/h6-7,10-11,16H,8-9H2,1-5H3. The molecule has 0 aromatic heterocycles. The lowest BCUT2D eigenvalue weighted by atomic mass is 9.81. The topological polar surface area (TPSA) is 0 Å². The first-order valence-electron chi connectivity index (χ1n) is 6.08. The summed E-state index contributed by atoms with van der Waals surface area (Å²) in [6, 6.07) is 6.90. The van der Waals surface area contributed by atoms with E-state index < -0.39 is 0 Å². The minimum absolute atomic E-state index is 0.237. The van der Waals surface area contributed by atoms with E-state index in [-0.39, 0.29) is 5.41 Å². The quantitative estimate of drug-likeness (QED) is 0.722. The molecule has 0 heterocycles. The SMILES string of the molecule is Cc1ccc(C(C)CCS)cc1C(C)(C)C. The molecule has 0 saturated carbocycles. The molecule has 0 aliphatic rings. The van der Waals surface area contributed by atoms with Crippen molar-refractivity contribution in [2.24, 2.45) is 0 Å². The summed E-state index contributed by atoms with van der Waals surface area (Å²) < 4.78 is 0. The molecule has 90 valence electrons. The van der Waals surface area contributed by atoms with Crippen LogP contribution in [-0.2, 0) is 5.41 Å². The number of benzene rings is 1. The molecule has 0 fully saturated rings. The molecule has 1 aromatic carbocycles. The van der Waals surface area contributed by atoms with Gasteiger partial charge in [0.25, 0.3) is 0 Å². The van der Waals surface area contributed by atoms with Gasteiger partial charge in [0.2, 0.25) is 0 Å². The van der Waals surface area contributed by atoms with Crippen LogP contribution in [0.5, 0.6) is 0 Å². The zero-order valence-corrected chi connectivity index (χ0v) is 12.1. The van der Waals surface area contributed by atoms with Crippen LogP contribution in [0.4, 0.5) is 0 Å². The summed E-state index contributed by atoms with van der Waals surface area (Å²) in [5, 5.41) is 0. The summed E-state index contributed by atoms with van der Waals surface area (Å²) in [7, 11) is 0. The molecule has 0 amide bonds. The minimum atomic E-state index is 0.237. The van der Waals surface area contributed by atoms with Gasteiger partial charge in [-0.05, 0) is 47.1 Å². The van der Waals surface area contributed by atoms with E-state index in [0.717, 1.165) is 12.2 Å². The number of hydrogen-bond acceptors (Lipinski definition) is 1. The zero-order chi connectivity index (χ0) is 12.3. The first-order valence-corrected chi connectivity index (χ1v) is 6.71. The highest BCUT2D eigenvalue weighted by Crippen LogP contribution is 2.29. The maximum absolute atomic E-state index is 4.31. The highest BCUT2D eigenvalue weighted by Gasteiger charge is 2.17. The Balaban J connectivity index is 3.07. The Kier molecular flexibility index (Phi) is 4.49. The highest BCUT2D eigenvalue weighted by molar-refractivity contribution is 7.80. The molecule has 1 aromatic rings. The second-order valence-electron chi connectivity index (χ2n) is 5.74. The molecule has 0 N–H and O–H groups in total. The van der Waals surface area contributed by atoms with Crippen LogP contribution in [0.1, 0.15) is 56.7 Å². The van der Waals surface area contributed by atoms with Gasteiger partial charge in [0.15, 0.2) is 0 Å². The van der Waals surface area contributed by atoms with Gasteiger partial charge in [-0.15, -0.1) is 0 Å². The first-order chi connectivity index (χ1) is 7.36. The summed E-state index contributed by atoms with van der Waals surface area (Å²) in [4.78, 5) is 0. The van der Waals surface area contributed by atoms with E-state index in [9.17, 15) is 0 Å². The average molecular weight is 236 g/mol. The number of thiol groups is 1. The van der Waals surface area contributed by atoms with E-state index in [0.29, 0.717) is 5.92 Å². The van der Waals surface area contributed by atoms with Crippen molar-refractivity contribution in [2.75, 3.05) is 5.75 Å². The van der Waals surface area contributed by atoms with Gasteiger partial charge < -0.3 is 0 Å². The Hall–Kier alpha value is -0.430. The fourth-order valence-corrected chi connectivity index (χ4v) is 2.50. The van der Waals surface area contributed by atoms with Gasteiger partial charge >= 0.3 is 0 Å². The van der Waals surface area contributed by atoms with Gasteiger partial charge in [-0.25, -0.2) is 0 Å². The van der Waals surface area contributed by atoms with Crippen LogP contribution in [0, 0.1) is 6.92 Å². The molecule has 1 heteroatoms. The molecule has 1 unspecified atom stereocenters. The smallest absolute Gasteiger partial charge is 0.00922 e. The Morgan fingerprint density at radius 3 is 2.38 bits per heavy atom. The lowest BCUT2D eigenvalue weighted by Gasteiger charge is -2.24. The largest absolute Gasteiger partial charge is 0.179 e. The van der Waals surface area contributed by atoms with Crippen LogP contribution in [0.3, 0.4) is 0 Å². The van der Waals surface area contributed by atoms with E-state index in [1.165, 1.54) is 16.7 Å². The van der Waals surface area contributed by atoms with Crippen molar-refractivity contribution >= 4 is 12.6 Å². The van der Waals surface area contributed by atoms with Crippen LogP contribution < -0.4 is 0 Å². The Labute approximate surface area is 106 Å². The van der Waals surface area contributed by atoms with Crippen molar-refractivity contribution in [2.45, 2.75) is 52.4 Å². The molecular weight excluding hydrogens is 212 g/mol. The van der Waals surface area contributed by atoms with Crippen molar-refractivity contribution < 1.29 is 0 Å². The summed E-state index contributed by atoms with van der Waals surface area (Å²) in [5.41, 5.74) is 4.55.